The summed E-state index contributed by atoms with van der Waals surface area (Å²) in [6, 6.07) is 10.2. The van der Waals surface area contributed by atoms with E-state index in [4.69, 9.17) is 25.8 Å². The van der Waals surface area contributed by atoms with Crippen LogP contribution in [-0.4, -0.2) is 51.6 Å². The van der Waals surface area contributed by atoms with Gasteiger partial charge in [-0.25, -0.2) is 0 Å². The van der Waals surface area contributed by atoms with Gasteiger partial charge in [0.05, 0.1) is 33.6 Å². The maximum absolute atomic E-state index is 12.4. The highest BCUT2D eigenvalue weighted by Crippen LogP contribution is 2.31. The van der Waals surface area contributed by atoms with Crippen molar-refractivity contribution in [2.24, 2.45) is 0 Å². The predicted molar refractivity (Wildman–Crippen MR) is 113 cm³/mol. The number of amides is 2. The maximum atomic E-state index is 12.4. The summed E-state index contributed by atoms with van der Waals surface area (Å²) in [4.78, 5) is 26.0. The number of nitrogens with one attached hydrogen (secondary N) is 1. The fourth-order valence-electron chi connectivity index (χ4n) is 2.59. The predicted octanol–water partition coefficient (Wildman–Crippen LogP) is 3.48. The molecule has 0 aliphatic carbocycles. The number of para-hydroxylation sites is 1. The van der Waals surface area contributed by atoms with Gasteiger partial charge >= 0.3 is 0 Å². The SMILES string of the molecule is COc1ccc(Cl)cc1NC(=O)CN(C)C(=O)/C=C/c1cccc(OC)c1OC. The van der Waals surface area contributed by atoms with Gasteiger partial charge in [-0.15, -0.1) is 0 Å². The van der Waals surface area contributed by atoms with Crippen molar-refractivity contribution in [3.8, 4) is 17.2 Å². The van der Waals surface area contributed by atoms with E-state index in [0.717, 1.165) is 0 Å². The van der Waals surface area contributed by atoms with Gasteiger partial charge < -0.3 is 24.4 Å². The Morgan fingerprint density at radius 3 is 2.45 bits per heavy atom. The molecule has 0 aromatic heterocycles. The molecule has 7 nitrogen and oxygen atoms in total. The van der Waals surface area contributed by atoms with Crippen molar-refractivity contribution < 1.29 is 23.8 Å². The molecule has 0 spiro atoms. The Morgan fingerprint density at radius 1 is 1.07 bits per heavy atom. The smallest absolute Gasteiger partial charge is 0.246 e. The highest BCUT2D eigenvalue weighted by Gasteiger charge is 2.14. The molecule has 0 bridgehead atoms. The van der Waals surface area contributed by atoms with E-state index < -0.39 is 0 Å². The van der Waals surface area contributed by atoms with Crippen molar-refractivity contribution in [3.63, 3.8) is 0 Å². The fourth-order valence-corrected chi connectivity index (χ4v) is 2.76. The van der Waals surface area contributed by atoms with Crippen LogP contribution in [0.5, 0.6) is 17.2 Å². The van der Waals surface area contributed by atoms with Gasteiger partial charge in [-0.1, -0.05) is 23.7 Å². The van der Waals surface area contributed by atoms with Gasteiger partial charge in [0.25, 0.3) is 0 Å². The summed E-state index contributed by atoms with van der Waals surface area (Å²) in [5, 5.41) is 3.15. The van der Waals surface area contributed by atoms with Gasteiger partial charge in [0.1, 0.15) is 5.75 Å². The number of anilines is 1. The van der Waals surface area contributed by atoms with E-state index in [0.29, 0.717) is 33.5 Å². The third-order valence-electron chi connectivity index (χ3n) is 4.03. The molecule has 0 saturated carbocycles. The topological polar surface area (TPSA) is 77.1 Å². The van der Waals surface area contributed by atoms with Gasteiger partial charge in [-0.05, 0) is 30.3 Å². The van der Waals surface area contributed by atoms with Crippen LogP contribution >= 0.6 is 11.6 Å². The zero-order valence-electron chi connectivity index (χ0n) is 16.7. The van der Waals surface area contributed by atoms with Crippen LogP contribution in [0.3, 0.4) is 0 Å². The summed E-state index contributed by atoms with van der Waals surface area (Å²) >= 11 is 5.96. The van der Waals surface area contributed by atoms with Crippen LogP contribution in [0.4, 0.5) is 5.69 Å². The summed E-state index contributed by atoms with van der Waals surface area (Å²) < 4.78 is 15.8. The van der Waals surface area contributed by atoms with E-state index in [1.807, 2.05) is 0 Å². The molecule has 29 heavy (non-hydrogen) atoms. The molecule has 8 heteroatoms. The summed E-state index contributed by atoms with van der Waals surface area (Å²) in [6.45, 7) is -0.145. The minimum atomic E-state index is -0.381. The molecule has 154 valence electrons. The number of carbonyl (C=O) groups is 2. The summed E-state index contributed by atoms with van der Waals surface area (Å²) in [7, 11) is 6.09. The minimum absolute atomic E-state index is 0.145. The molecule has 2 aromatic rings. The first-order chi connectivity index (χ1) is 13.9. The lowest BCUT2D eigenvalue weighted by atomic mass is 10.1. The van der Waals surface area contributed by atoms with Crippen LogP contribution in [-0.2, 0) is 9.59 Å². The monoisotopic (exact) mass is 418 g/mol. The lowest BCUT2D eigenvalue weighted by Crippen LogP contribution is -2.33. The molecule has 0 saturated heterocycles. The molecular weight excluding hydrogens is 396 g/mol. The van der Waals surface area contributed by atoms with E-state index in [2.05, 4.69) is 5.32 Å². The Hall–Kier alpha value is -3.19. The number of hydrogen-bond acceptors (Lipinski definition) is 5. The number of hydrogen-bond donors (Lipinski definition) is 1. The maximum Gasteiger partial charge on any atom is 0.246 e. The average Bonchev–Trinajstić information content (AvgIpc) is 2.71. The lowest BCUT2D eigenvalue weighted by Gasteiger charge is -2.16. The Morgan fingerprint density at radius 2 is 1.79 bits per heavy atom. The van der Waals surface area contributed by atoms with E-state index in [1.54, 1.807) is 42.5 Å². The largest absolute Gasteiger partial charge is 0.495 e. The normalized spacial score (nSPS) is 10.5. The second-order valence-corrected chi connectivity index (χ2v) is 6.44. The average molecular weight is 419 g/mol. The van der Waals surface area contributed by atoms with Gasteiger partial charge in [0.15, 0.2) is 11.5 Å². The van der Waals surface area contributed by atoms with Crippen molar-refractivity contribution in [1.29, 1.82) is 0 Å². The standard InChI is InChI=1S/C21H23ClN2O5/c1-24(13-19(25)23-16-12-15(22)9-10-17(16)27-2)20(26)11-8-14-6-5-7-18(28-3)21(14)29-4/h5-12H,13H2,1-4H3,(H,23,25)/b11-8+. The Bertz CT molecular complexity index is 914. The zero-order valence-corrected chi connectivity index (χ0v) is 17.4. The van der Waals surface area contributed by atoms with Crippen molar-refractivity contribution >= 4 is 35.2 Å². The molecule has 0 radical (unpaired) electrons. The van der Waals surface area contributed by atoms with E-state index in [1.165, 1.54) is 39.4 Å². The fraction of sp³-hybridized carbons (Fsp3) is 0.238. The Labute approximate surface area is 174 Å². The molecule has 2 aromatic carbocycles. The zero-order chi connectivity index (χ0) is 21.4. The van der Waals surface area contributed by atoms with Crippen LogP contribution in [0.2, 0.25) is 5.02 Å². The Balaban J connectivity index is 2.03. The number of halogens is 1. The first-order valence-corrected chi connectivity index (χ1v) is 9.05. The molecule has 0 aliphatic heterocycles. The van der Waals surface area contributed by atoms with Crippen LogP contribution in [0, 0.1) is 0 Å². The van der Waals surface area contributed by atoms with Gasteiger partial charge in [0.2, 0.25) is 11.8 Å². The van der Waals surface area contributed by atoms with Crippen molar-refractivity contribution in [1.82, 2.24) is 4.90 Å². The van der Waals surface area contributed by atoms with Crippen LogP contribution in [0.15, 0.2) is 42.5 Å². The van der Waals surface area contributed by atoms with E-state index in [-0.39, 0.29) is 18.4 Å². The number of methoxy groups -OCH3 is 3. The molecule has 0 atom stereocenters. The molecule has 2 rings (SSSR count). The number of nitrogens with zero attached hydrogens (tertiary/aromatic N) is 1. The molecule has 0 heterocycles. The second-order valence-electron chi connectivity index (χ2n) is 6.00. The molecular formula is C21H23ClN2O5. The minimum Gasteiger partial charge on any atom is -0.495 e. The van der Waals surface area contributed by atoms with E-state index in [9.17, 15) is 9.59 Å². The highest BCUT2D eigenvalue weighted by molar-refractivity contribution is 6.31. The van der Waals surface area contributed by atoms with E-state index >= 15 is 0 Å². The molecule has 0 aliphatic rings. The number of likely N-dealkylation sites (N-methyl/N-ethyl adjacent to an activating group) is 1. The second kappa shape index (κ2) is 10.4. The lowest BCUT2D eigenvalue weighted by molar-refractivity contribution is -0.129. The molecule has 0 unspecified atom stereocenters. The van der Waals surface area contributed by atoms with Gasteiger partial charge in [-0.3, -0.25) is 9.59 Å². The number of benzene rings is 2. The first kappa shape index (κ1) is 22.1. The van der Waals surface area contributed by atoms with Crippen LogP contribution in [0.1, 0.15) is 5.56 Å². The van der Waals surface area contributed by atoms with Gasteiger partial charge in [0, 0.05) is 23.7 Å². The van der Waals surface area contributed by atoms with Crippen LogP contribution in [0.25, 0.3) is 6.08 Å². The highest BCUT2D eigenvalue weighted by atomic mass is 35.5. The molecule has 0 fully saturated rings. The summed E-state index contributed by atoms with van der Waals surface area (Å²) in [5.41, 5.74) is 1.12. The first-order valence-electron chi connectivity index (χ1n) is 8.67. The quantitative estimate of drug-likeness (QED) is 0.664. The van der Waals surface area contributed by atoms with Gasteiger partial charge in [-0.2, -0.15) is 0 Å². The molecule has 2 amide bonds. The van der Waals surface area contributed by atoms with Crippen molar-refractivity contribution in [3.05, 3.63) is 53.1 Å². The summed E-state index contributed by atoms with van der Waals surface area (Å²) in [5.74, 6) is 0.830. The number of ether oxygens (including phenoxy) is 3. The van der Waals surface area contributed by atoms with Crippen molar-refractivity contribution in [2.75, 3.05) is 40.2 Å². The summed E-state index contributed by atoms with van der Waals surface area (Å²) in [6.07, 6.45) is 2.97. The van der Waals surface area contributed by atoms with Crippen LogP contribution < -0.4 is 19.5 Å². The Kier molecular flexibility index (Phi) is 7.91. The number of carbonyl (C=O) groups excluding carboxylic acids is 2. The third-order valence-corrected chi connectivity index (χ3v) is 4.27. The molecule has 1 N–H and O–H groups in total. The number of rotatable bonds is 8. The van der Waals surface area contributed by atoms with Crippen molar-refractivity contribution in [2.45, 2.75) is 0 Å². The third kappa shape index (κ3) is 5.89.